The maximum absolute atomic E-state index is 11.6. The molecule has 2 rings (SSSR count). The molecule has 0 saturated carbocycles. The van der Waals surface area contributed by atoms with E-state index in [1.807, 2.05) is 0 Å². The molecule has 0 aliphatic heterocycles. The SMILES string of the molecule is CC(C)O.NS(=O)(=O)c1ccccc1.O=S(=O)(NOC(F)(F)F)c1ccccc1. The standard InChI is InChI=1S/C7H6F3NO3S.C6H7NO2S.C3H8O/c8-7(9,10)14-11-15(12,13)6-4-2-1-3-5-6;7-10(8,9)6-4-2-1-3-5-6;1-3(2)4/h1-5,11H;1-5H,(H2,7,8,9);3-4H,1-2H3. The fourth-order valence-electron chi connectivity index (χ4n) is 1.36. The van der Waals surface area contributed by atoms with Crippen LogP contribution < -0.4 is 10.0 Å². The minimum Gasteiger partial charge on any atom is -0.394 e. The van der Waals surface area contributed by atoms with Crippen molar-refractivity contribution in [2.24, 2.45) is 5.14 Å². The molecule has 0 aliphatic rings. The van der Waals surface area contributed by atoms with Gasteiger partial charge in [-0.2, -0.15) is 4.84 Å². The molecule has 164 valence electrons. The molecule has 0 amide bonds. The van der Waals surface area contributed by atoms with Gasteiger partial charge < -0.3 is 5.11 Å². The molecule has 0 bridgehead atoms. The Bertz CT molecular complexity index is 917. The van der Waals surface area contributed by atoms with Gasteiger partial charge in [-0.15, -0.1) is 13.2 Å². The number of nitrogens with two attached hydrogens (primary N) is 1. The first-order chi connectivity index (χ1) is 13.1. The van der Waals surface area contributed by atoms with E-state index in [-0.39, 0.29) is 15.9 Å². The lowest BCUT2D eigenvalue weighted by atomic mass is 10.4. The second kappa shape index (κ2) is 11.8. The number of benzene rings is 2. The molecule has 13 heteroatoms. The number of rotatable bonds is 4. The highest BCUT2D eigenvalue weighted by Gasteiger charge is 2.32. The van der Waals surface area contributed by atoms with Crippen LogP contribution in [0.1, 0.15) is 13.8 Å². The van der Waals surface area contributed by atoms with Crippen LogP contribution >= 0.6 is 0 Å². The highest BCUT2D eigenvalue weighted by molar-refractivity contribution is 7.89. The molecule has 0 saturated heterocycles. The minimum absolute atomic E-state index is 0.148. The Morgan fingerprint density at radius 2 is 1.24 bits per heavy atom. The molecular formula is C16H21F3N2O6S2. The monoisotopic (exact) mass is 458 g/mol. The number of halogens is 3. The van der Waals surface area contributed by atoms with Crippen LogP contribution in [0, 0.1) is 0 Å². The largest absolute Gasteiger partial charge is 0.539 e. The number of primary sulfonamides is 1. The van der Waals surface area contributed by atoms with E-state index in [4.69, 9.17) is 10.2 Å². The average Bonchev–Trinajstić information content (AvgIpc) is 2.61. The Morgan fingerprint density at radius 1 is 0.897 bits per heavy atom. The summed E-state index contributed by atoms with van der Waals surface area (Å²) in [5.41, 5.74) is 0. The van der Waals surface area contributed by atoms with Gasteiger partial charge in [0.1, 0.15) is 0 Å². The summed E-state index contributed by atoms with van der Waals surface area (Å²) in [7, 11) is -7.79. The Morgan fingerprint density at radius 3 is 1.52 bits per heavy atom. The molecule has 0 unspecified atom stereocenters. The van der Waals surface area contributed by atoms with Crippen LogP contribution in [0.5, 0.6) is 0 Å². The van der Waals surface area contributed by atoms with E-state index in [2.05, 4.69) is 4.84 Å². The molecule has 0 aliphatic carbocycles. The molecule has 0 fully saturated rings. The highest BCUT2D eigenvalue weighted by atomic mass is 32.2. The third-order valence-electron chi connectivity index (χ3n) is 2.39. The lowest BCUT2D eigenvalue weighted by molar-refractivity contribution is -0.338. The summed E-state index contributed by atoms with van der Waals surface area (Å²) < 4.78 is 78.2. The van der Waals surface area contributed by atoms with Crippen molar-refractivity contribution in [3.63, 3.8) is 0 Å². The zero-order chi connectivity index (χ0) is 22.7. The van der Waals surface area contributed by atoms with Crippen molar-refractivity contribution < 1.29 is 40.0 Å². The summed E-state index contributed by atoms with van der Waals surface area (Å²) in [5.74, 6) is 0. The number of sulfonamides is 2. The molecule has 0 atom stereocenters. The van der Waals surface area contributed by atoms with Gasteiger partial charge in [0, 0.05) is 6.10 Å². The normalized spacial score (nSPS) is 11.7. The maximum Gasteiger partial charge on any atom is 0.539 e. The molecule has 0 aromatic heterocycles. The number of alkyl halides is 3. The summed E-state index contributed by atoms with van der Waals surface area (Å²) in [6.07, 6.45) is -5.22. The number of aliphatic hydroxyl groups excluding tert-OH is 1. The number of aliphatic hydroxyl groups is 1. The van der Waals surface area contributed by atoms with Crippen molar-refractivity contribution in [1.82, 2.24) is 4.89 Å². The van der Waals surface area contributed by atoms with Gasteiger partial charge in [0.05, 0.1) is 9.79 Å². The number of hydrogen-bond donors (Lipinski definition) is 3. The van der Waals surface area contributed by atoms with Gasteiger partial charge in [0.2, 0.25) is 10.0 Å². The second-order valence-electron chi connectivity index (χ2n) is 5.40. The van der Waals surface area contributed by atoms with Crippen molar-refractivity contribution in [1.29, 1.82) is 0 Å². The maximum atomic E-state index is 11.6. The zero-order valence-electron chi connectivity index (χ0n) is 15.4. The molecule has 0 radical (unpaired) electrons. The van der Waals surface area contributed by atoms with Crippen LogP contribution in [0.3, 0.4) is 0 Å². The van der Waals surface area contributed by atoms with Crippen LogP contribution in [0.2, 0.25) is 0 Å². The molecule has 0 heterocycles. The molecule has 4 N–H and O–H groups in total. The minimum atomic E-state index is -5.05. The van der Waals surface area contributed by atoms with Crippen LogP contribution in [-0.4, -0.2) is 34.4 Å². The van der Waals surface area contributed by atoms with Crippen LogP contribution in [0.15, 0.2) is 70.5 Å². The fraction of sp³-hybridized carbons (Fsp3) is 0.250. The molecule has 0 spiro atoms. The Labute approximate surface area is 167 Å². The Hall–Kier alpha value is -2.03. The van der Waals surface area contributed by atoms with E-state index in [0.717, 1.165) is 17.0 Å². The van der Waals surface area contributed by atoms with Gasteiger partial charge in [-0.3, -0.25) is 0 Å². The molecular weight excluding hydrogens is 437 g/mol. The zero-order valence-corrected chi connectivity index (χ0v) is 17.0. The fourth-order valence-corrected chi connectivity index (χ4v) is 2.71. The van der Waals surface area contributed by atoms with E-state index in [1.165, 1.54) is 30.3 Å². The third-order valence-corrected chi connectivity index (χ3v) is 4.52. The van der Waals surface area contributed by atoms with E-state index in [9.17, 15) is 30.0 Å². The Kier molecular flexibility index (Phi) is 11.0. The van der Waals surface area contributed by atoms with Crippen LogP contribution in [-0.2, 0) is 24.9 Å². The lowest BCUT2D eigenvalue weighted by Crippen LogP contribution is -2.31. The van der Waals surface area contributed by atoms with E-state index in [1.54, 1.807) is 32.0 Å². The Balaban J connectivity index is 0.000000481. The van der Waals surface area contributed by atoms with Crippen molar-refractivity contribution in [3.05, 3.63) is 60.7 Å². The quantitative estimate of drug-likeness (QED) is 0.601. The summed E-state index contributed by atoms with van der Waals surface area (Å²) >= 11 is 0. The molecule has 29 heavy (non-hydrogen) atoms. The molecule has 8 nitrogen and oxygen atoms in total. The van der Waals surface area contributed by atoms with Gasteiger partial charge >= 0.3 is 6.36 Å². The summed E-state index contributed by atoms with van der Waals surface area (Å²) in [4.78, 5) is 3.81. The van der Waals surface area contributed by atoms with Crippen molar-refractivity contribution in [3.8, 4) is 0 Å². The van der Waals surface area contributed by atoms with Crippen molar-refractivity contribution in [2.75, 3.05) is 0 Å². The van der Waals surface area contributed by atoms with E-state index in [0.29, 0.717) is 0 Å². The van der Waals surface area contributed by atoms with Gasteiger partial charge in [0.25, 0.3) is 10.0 Å². The summed E-state index contributed by atoms with van der Waals surface area (Å²) in [6.45, 7) is 3.44. The van der Waals surface area contributed by atoms with Gasteiger partial charge in [-0.25, -0.2) is 22.0 Å². The molecule has 2 aromatic rings. The van der Waals surface area contributed by atoms with Gasteiger partial charge in [-0.05, 0) is 38.1 Å². The number of nitrogens with one attached hydrogen (secondary N) is 1. The predicted octanol–water partition coefficient (Wildman–Crippen LogP) is 2.14. The average molecular weight is 458 g/mol. The lowest BCUT2D eigenvalue weighted by Gasteiger charge is -2.08. The van der Waals surface area contributed by atoms with Crippen molar-refractivity contribution in [2.45, 2.75) is 36.1 Å². The summed E-state index contributed by atoms with van der Waals surface area (Å²) in [5, 5.41) is 12.9. The third kappa shape index (κ3) is 13.7. The van der Waals surface area contributed by atoms with Crippen molar-refractivity contribution >= 4 is 20.0 Å². The molecule has 2 aromatic carbocycles. The second-order valence-corrected chi connectivity index (χ2v) is 8.61. The topological polar surface area (TPSA) is 136 Å². The predicted molar refractivity (Wildman–Crippen MR) is 99.1 cm³/mol. The van der Waals surface area contributed by atoms with Gasteiger partial charge in [-0.1, -0.05) is 41.3 Å². The highest BCUT2D eigenvalue weighted by Crippen LogP contribution is 2.16. The number of hydrogen-bond acceptors (Lipinski definition) is 6. The summed E-state index contributed by atoms with van der Waals surface area (Å²) in [6, 6.07) is 14.5. The first-order valence-electron chi connectivity index (χ1n) is 7.72. The first-order valence-corrected chi connectivity index (χ1v) is 10.8. The van der Waals surface area contributed by atoms with E-state index >= 15 is 0 Å². The van der Waals surface area contributed by atoms with Gasteiger partial charge in [0.15, 0.2) is 0 Å². The first kappa shape index (κ1) is 27.0. The van der Waals surface area contributed by atoms with Crippen LogP contribution in [0.4, 0.5) is 13.2 Å². The van der Waals surface area contributed by atoms with E-state index < -0.39 is 26.4 Å². The smallest absolute Gasteiger partial charge is 0.394 e. The van der Waals surface area contributed by atoms with Crippen LogP contribution in [0.25, 0.3) is 0 Å².